The number of amides is 1. The Kier molecular flexibility index (Phi) is 8.61. The number of nitrogens with one attached hydrogen (secondary N) is 3. The van der Waals surface area contributed by atoms with Gasteiger partial charge in [-0.25, -0.2) is 0 Å². The third-order valence-electron chi connectivity index (χ3n) is 6.55. The second kappa shape index (κ2) is 10.2. The molecule has 156 valence electrons. The van der Waals surface area contributed by atoms with Crippen LogP contribution in [0.3, 0.4) is 0 Å². The Hall–Kier alpha value is -0.610. The van der Waals surface area contributed by atoms with Crippen molar-refractivity contribution in [3.63, 3.8) is 0 Å². The minimum absolute atomic E-state index is 0. The first-order valence-corrected chi connectivity index (χ1v) is 10.2. The van der Waals surface area contributed by atoms with E-state index in [2.05, 4.69) is 32.8 Å². The number of nitrogens with zero attached hydrogens (tertiary/aromatic N) is 2. The largest absolute Gasteiger partial charge is 0.378 e. The third kappa shape index (κ3) is 5.06. The monoisotopic (exact) mass is 493 g/mol. The van der Waals surface area contributed by atoms with E-state index in [0.717, 1.165) is 44.9 Å². The molecule has 0 aromatic carbocycles. The normalized spacial score (nSPS) is 27.9. The first-order valence-electron chi connectivity index (χ1n) is 10.2. The van der Waals surface area contributed by atoms with E-state index in [-0.39, 0.29) is 29.9 Å². The fourth-order valence-electron chi connectivity index (χ4n) is 4.69. The molecule has 2 unspecified atom stereocenters. The maximum absolute atomic E-state index is 11.5. The van der Waals surface area contributed by atoms with Crippen LogP contribution in [0.4, 0.5) is 0 Å². The number of rotatable bonds is 6. The first-order chi connectivity index (χ1) is 12.6. The lowest BCUT2D eigenvalue weighted by Crippen LogP contribution is -2.69. The van der Waals surface area contributed by atoms with Crippen LogP contribution in [0.5, 0.6) is 0 Å². The number of guanidine groups is 1. The van der Waals surface area contributed by atoms with Crippen molar-refractivity contribution >= 4 is 35.8 Å². The van der Waals surface area contributed by atoms with Crippen LogP contribution in [0.15, 0.2) is 4.99 Å². The average Bonchev–Trinajstić information content (AvgIpc) is 2.59. The van der Waals surface area contributed by atoms with Crippen LogP contribution >= 0.6 is 24.0 Å². The zero-order valence-corrected chi connectivity index (χ0v) is 19.3. The van der Waals surface area contributed by atoms with Gasteiger partial charge in [0, 0.05) is 51.3 Å². The highest BCUT2D eigenvalue weighted by Crippen LogP contribution is 2.57. The van der Waals surface area contributed by atoms with Crippen molar-refractivity contribution < 1.29 is 9.53 Å². The lowest BCUT2D eigenvalue weighted by molar-refractivity contribution is -0.168. The summed E-state index contributed by atoms with van der Waals surface area (Å²) in [7, 11) is 3.54. The number of carbonyl (C=O) groups is 1. The first kappa shape index (κ1) is 22.7. The van der Waals surface area contributed by atoms with Crippen LogP contribution in [0, 0.1) is 5.41 Å². The van der Waals surface area contributed by atoms with Gasteiger partial charge in [0.1, 0.15) is 0 Å². The van der Waals surface area contributed by atoms with E-state index in [1.54, 1.807) is 7.05 Å². The summed E-state index contributed by atoms with van der Waals surface area (Å²) in [5.41, 5.74) is 0.338. The number of aliphatic imine (C=N–C) groups is 1. The van der Waals surface area contributed by atoms with Crippen molar-refractivity contribution in [1.29, 1.82) is 0 Å². The Bertz CT molecular complexity index is 518. The Labute approximate surface area is 180 Å². The molecule has 3 N–H and O–H groups in total. The van der Waals surface area contributed by atoms with Crippen LogP contribution in [0.1, 0.15) is 45.4 Å². The number of piperidine rings is 1. The van der Waals surface area contributed by atoms with E-state index in [9.17, 15) is 4.79 Å². The average molecular weight is 493 g/mol. The number of carbonyl (C=O) groups excluding carboxylic acids is 1. The molecule has 27 heavy (non-hydrogen) atoms. The molecule has 0 aromatic heterocycles. The molecule has 8 heteroatoms. The number of hydrogen-bond donors (Lipinski definition) is 3. The van der Waals surface area contributed by atoms with Gasteiger partial charge in [-0.15, -0.1) is 24.0 Å². The van der Waals surface area contributed by atoms with Gasteiger partial charge in [0.2, 0.25) is 5.91 Å². The molecule has 1 saturated heterocycles. The topological polar surface area (TPSA) is 78.0 Å². The van der Waals surface area contributed by atoms with Gasteiger partial charge in [-0.1, -0.05) is 6.42 Å². The summed E-state index contributed by atoms with van der Waals surface area (Å²) < 4.78 is 5.95. The van der Waals surface area contributed by atoms with Crippen molar-refractivity contribution in [2.45, 2.75) is 63.6 Å². The van der Waals surface area contributed by atoms with Gasteiger partial charge in [-0.2, -0.15) is 0 Å². The summed E-state index contributed by atoms with van der Waals surface area (Å²) in [6.45, 7) is 5.29. The Morgan fingerprint density at radius 2 is 1.96 bits per heavy atom. The zero-order chi connectivity index (χ0) is 18.6. The number of likely N-dealkylation sites (tertiary alicyclic amines) is 1. The maximum Gasteiger partial charge on any atom is 0.233 e. The molecular weight excluding hydrogens is 457 g/mol. The van der Waals surface area contributed by atoms with Crippen molar-refractivity contribution in [1.82, 2.24) is 20.9 Å². The highest BCUT2D eigenvalue weighted by molar-refractivity contribution is 14.0. The summed E-state index contributed by atoms with van der Waals surface area (Å²) in [5.74, 6) is 1.01. The van der Waals surface area contributed by atoms with Crippen molar-refractivity contribution in [3.05, 3.63) is 0 Å². The van der Waals surface area contributed by atoms with Crippen LogP contribution in [-0.2, 0) is 9.53 Å². The second-order valence-electron chi connectivity index (χ2n) is 7.90. The zero-order valence-electron chi connectivity index (χ0n) is 16.9. The van der Waals surface area contributed by atoms with Crippen molar-refractivity contribution in [3.8, 4) is 0 Å². The molecule has 1 heterocycles. The summed E-state index contributed by atoms with van der Waals surface area (Å²) >= 11 is 0. The standard InChI is InChI=1S/C19H35N5O2.HI/c1-4-26-16-12-15(19(16)8-5-9-19)23-18(21-3)22-14-6-10-24(11-7-14)13-17(25)20-2;/h14-16H,4-13H2,1-3H3,(H,20,25)(H2,21,22,23);1H. The highest BCUT2D eigenvalue weighted by atomic mass is 127. The SMILES string of the molecule is CCOC1CC(NC(=NC)NC2CCN(CC(=O)NC)CC2)C12CCC2.I. The third-order valence-corrected chi connectivity index (χ3v) is 6.55. The van der Waals surface area contributed by atoms with Crippen molar-refractivity contribution in [2.24, 2.45) is 10.4 Å². The van der Waals surface area contributed by atoms with E-state index in [1.807, 2.05) is 7.05 Å². The lowest BCUT2D eigenvalue weighted by Gasteiger charge is -2.61. The minimum atomic E-state index is 0. The lowest BCUT2D eigenvalue weighted by atomic mass is 9.51. The van der Waals surface area contributed by atoms with Crippen LogP contribution in [0.25, 0.3) is 0 Å². The molecule has 1 amide bonds. The highest BCUT2D eigenvalue weighted by Gasteiger charge is 2.59. The summed E-state index contributed by atoms with van der Waals surface area (Å²) in [6, 6.07) is 0.898. The van der Waals surface area contributed by atoms with Crippen LogP contribution in [-0.4, -0.2) is 75.3 Å². The minimum Gasteiger partial charge on any atom is -0.378 e. The molecule has 3 fully saturated rings. The molecule has 2 saturated carbocycles. The second-order valence-corrected chi connectivity index (χ2v) is 7.90. The quantitative estimate of drug-likeness (QED) is 0.296. The van der Waals surface area contributed by atoms with Gasteiger partial charge >= 0.3 is 0 Å². The molecule has 7 nitrogen and oxygen atoms in total. The molecule has 1 aliphatic heterocycles. The molecule has 0 bridgehead atoms. The molecule has 0 radical (unpaired) electrons. The predicted molar refractivity (Wildman–Crippen MR) is 119 cm³/mol. The molecule has 2 atom stereocenters. The van der Waals surface area contributed by atoms with E-state index in [1.165, 1.54) is 19.3 Å². The van der Waals surface area contributed by atoms with E-state index >= 15 is 0 Å². The van der Waals surface area contributed by atoms with Gasteiger partial charge in [-0.05, 0) is 39.0 Å². The van der Waals surface area contributed by atoms with Gasteiger partial charge in [0.15, 0.2) is 5.96 Å². The van der Waals surface area contributed by atoms with Gasteiger partial charge in [0.05, 0.1) is 12.6 Å². The Morgan fingerprint density at radius 1 is 1.26 bits per heavy atom. The number of ether oxygens (including phenoxy) is 1. The predicted octanol–water partition coefficient (Wildman–Crippen LogP) is 1.33. The summed E-state index contributed by atoms with van der Waals surface area (Å²) in [6.07, 6.45) is 7.43. The van der Waals surface area contributed by atoms with Crippen LogP contribution < -0.4 is 16.0 Å². The molecular formula is C19H36IN5O2. The molecule has 1 spiro atoms. The number of halogens is 1. The van der Waals surface area contributed by atoms with Crippen molar-refractivity contribution in [2.75, 3.05) is 40.3 Å². The Balaban J connectivity index is 0.00000261. The van der Waals surface area contributed by atoms with E-state index in [0.29, 0.717) is 30.1 Å². The molecule has 3 aliphatic rings. The van der Waals surface area contributed by atoms with Gasteiger partial charge in [-0.3, -0.25) is 14.7 Å². The van der Waals surface area contributed by atoms with E-state index < -0.39 is 0 Å². The fraction of sp³-hybridized carbons (Fsp3) is 0.895. The number of hydrogen-bond acceptors (Lipinski definition) is 4. The Morgan fingerprint density at radius 3 is 2.48 bits per heavy atom. The summed E-state index contributed by atoms with van der Waals surface area (Å²) in [4.78, 5) is 18.2. The van der Waals surface area contributed by atoms with Gasteiger partial charge in [0.25, 0.3) is 0 Å². The molecule has 3 rings (SSSR count). The smallest absolute Gasteiger partial charge is 0.233 e. The molecule has 2 aliphatic carbocycles. The maximum atomic E-state index is 11.5. The van der Waals surface area contributed by atoms with Crippen LogP contribution in [0.2, 0.25) is 0 Å². The summed E-state index contributed by atoms with van der Waals surface area (Å²) in [5, 5.41) is 9.96. The fourth-order valence-corrected chi connectivity index (χ4v) is 4.69. The van der Waals surface area contributed by atoms with E-state index in [4.69, 9.17) is 4.74 Å². The number of likely N-dealkylation sites (N-methyl/N-ethyl adjacent to an activating group) is 1. The molecule has 0 aromatic rings. The van der Waals surface area contributed by atoms with Gasteiger partial charge < -0.3 is 20.7 Å².